The van der Waals surface area contributed by atoms with E-state index < -0.39 is 55.6 Å². The van der Waals surface area contributed by atoms with E-state index in [4.69, 9.17) is 0 Å². The van der Waals surface area contributed by atoms with E-state index in [2.05, 4.69) is 0 Å². The molecule has 0 radical (unpaired) electrons. The highest BCUT2D eigenvalue weighted by atomic mass is 32.2. The van der Waals surface area contributed by atoms with Crippen LogP contribution >= 0.6 is 11.3 Å². The van der Waals surface area contributed by atoms with Crippen LogP contribution in [0.2, 0.25) is 0 Å². The smallest absolute Gasteiger partial charge is 0.417 e. The van der Waals surface area contributed by atoms with Crippen LogP contribution in [-0.4, -0.2) is 45.0 Å². The van der Waals surface area contributed by atoms with Gasteiger partial charge in [0.15, 0.2) is 9.84 Å². The summed E-state index contributed by atoms with van der Waals surface area (Å²) < 4.78 is 90.4. The molecule has 0 aliphatic heterocycles. The average Bonchev–Trinajstić information content (AvgIpc) is 3.20. The van der Waals surface area contributed by atoms with E-state index in [1.807, 2.05) is 0 Å². The number of carboxylic acid groups (broad SMARTS) is 1. The quantitative estimate of drug-likeness (QED) is 0.467. The Balaban J connectivity index is 1.99. The molecule has 0 saturated heterocycles. The van der Waals surface area contributed by atoms with E-state index in [9.17, 15) is 39.9 Å². The number of thiophene rings is 1. The molecule has 0 aliphatic rings. The first kappa shape index (κ1) is 25.9. The minimum Gasteiger partial charge on any atom is -0.480 e. The lowest BCUT2D eigenvalue weighted by atomic mass is 10.2. The van der Waals surface area contributed by atoms with Gasteiger partial charge in [-0.3, -0.25) is 4.79 Å². The van der Waals surface area contributed by atoms with Gasteiger partial charge in [-0.25, -0.2) is 16.8 Å². The Hall–Kier alpha value is -2.74. The van der Waals surface area contributed by atoms with Crippen molar-refractivity contribution in [3.05, 3.63) is 71.1 Å². The second-order valence-corrected chi connectivity index (χ2v) is 12.3. The normalized spacial score (nSPS) is 12.7. The number of carboxylic acids is 1. The van der Waals surface area contributed by atoms with Crippen LogP contribution in [0.25, 0.3) is 10.4 Å². The Kier molecular flexibility index (Phi) is 7.22. The molecule has 3 rings (SSSR count). The Morgan fingerprint density at radius 3 is 2.29 bits per heavy atom. The van der Waals surface area contributed by atoms with Crippen molar-refractivity contribution in [1.29, 1.82) is 0 Å². The maximum Gasteiger partial charge on any atom is 0.417 e. The SMILES string of the molecule is CS(=O)(=O)c1cccc(-c2ccc(CN(CC(=O)O)S(=O)(=O)c3ccccc3C(F)(F)F)s2)c1. The highest BCUT2D eigenvalue weighted by molar-refractivity contribution is 7.90. The van der Waals surface area contributed by atoms with Gasteiger partial charge in [-0.2, -0.15) is 17.5 Å². The molecular formula is C21H18F3NO6S3. The van der Waals surface area contributed by atoms with Gasteiger partial charge in [0.25, 0.3) is 0 Å². The van der Waals surface area contributed by atoms with E-state index in [1.54, 1.807) is 18.2 Å². The van der Waals surface area contributed by atoms with Crippen molar-refractivity contribution in [2.45, 2.75) is 22.5 Å². The van der Waals surface area contributed by atoms with Crippen molar-refractivity contribution < 1.29 is 39.9 Å². The number of sulfone groups is 1. The van der Waals surface area contributed by atoms with Gasteiger partial charge < -0.3 is 5.11 Å². The molecule has 0 unspecified atom stereocenters. The number of sulfonamides is 1. The minimum absolute atomic E-state index is 0.0822. The van der Waals surface area contributed by atoms with E-state index in [-0.39, 0.29) is 4.90 Å². The molecule has 0 amide bonds. The van der Waals surface area contributed by atoms with E-state index in [1.165, 1.54) is 18.2 Å². The number of benzene rings is 2. The van der Waals surface area contributed by atoms with Crippen LogP contribution < -0.4 is 0 Å². The molecule has 0 aliphatic carbocycles. The minimum atomic E-state index is -4.96. The Morgan fingerprint density at radius 1 is 1.00 bits per heavy atom. The molecule has 0 fully saturated rings. The summed E-state index contributed by atoms with van der Waals surface area (Å²) in [5.41, 5.74) is -0.857. The maximum absolute atomic E-state index is 13.4. The van der Waals surface area contributed by atoms with Crippen molar-refractivity contribution in [1.82, 2.24) is 4.31 Å². The number of nitrogens with zero attached hydrogens (tertiary/aromatic N) is 1. The van der Waals surface area contributed by atoms with E-state index in [0.29, 0.717) is 25.7 Å². The lowest BCUT2D eigenvalue weighted by molar-refractivity contribution is -0.140. The van der Waals surface area contributed by atoms with Crippen LogP contribution in [0.3, 0.4) is 0 Å². The molecule has 0 saturated carbocycles. The Bertz CT molecular complexity index is 1430. The molecule has 0 bridgehead atoms. The topological polar surface area (TPSA) is 109 Å². The maximum atomic E-state index is 13.4. The molecule has 182 valence electrons. The van der Waals surface area contributed by atoms with E-state index in [0.717, 1.165) is 35.8 Å². The summed E-state index contributed by atoms with van der Waals surface area (Å²) in [5, 5.41) is 9.21. The highest BCUT2D eigenvalue weighted by Crippen LogP contribution is 2.36. The summed E-state index contributed by atoms with van der Waals surface area (Å²) in [7, 11) is -8.29. The predicted molar refractivity (Wildman–Crippen MR) is 120 cm³/mol. The average molecular weight is 534 g/mol. The second-order valence-electron chi connectivity index (χ2n) is 7.23. The van der Waals surface area contributed by atoms with Gasteiger partial charge in [0.05, 0.1) is 15.4 Å². The Morgan fingerprint density at radius 2 is 1.68 bits per heavy atom. The first-order valence-electron chi connectivity index (χ1n) is 9.47. The fourth-order valence-electron chi connectivity index (χ4n) is 3.11. The summed E-state index contributed by atoms with van der Waals surface area (Å²) in [4.78, 5) is 11.3. The number of aliphatic carboxylic acids is 1. The number of alkyl halides is 3. The van der Waals surface area contributed by atoms with Gasteiger partial charge in [-0.05, 0) is 42.0 Å². The molecule has 1 N–H and O–H groups in total. The molecule has 1 heterocycles. The van der Waals surface area contributed by atoms with Crippen molar-refractivity contribution in [3.63, 3.8) is 0 Å². The monoisotopic (exact) mass is 533 g/mol. The first-order chi connectivity index (χ1) is 15.7. The number of carbonyl (C=O) groups is 1. The molecule has 34 heavy (non-hydrogen) atoms. The third-order valence-electron chi connectivity index (χ3n) is 4.66. The molecule has 7 nitrogen and oxygen atoms in total. The zero-order chi connectivity index (χ0) is 25.3. The Labute approximate surface area is 198 Å². The number of hydrogen-bond donors (Lipinski definition) is 1. The van der Waals surface area contributed by atoms with Gasteiger partial charge in [-0.1, -0.05) is 24.3 Å². The molecule has 3 aromatic rings. The highest BCUT2D eigenvalue weighted by Gasteiger charge is 2.39. The number of halogens is 3. The van der Waals surface area contributed by atoms with Gasteiger partial charge in [0.1, 0.15) is 6.54 Å². The lowest BCUT2D eigenvalue weighted by Crippen LogP contribution is -2.36. The molecule has 0 spiro atoms. The first-order valence-corrected chi connectivity index (χ1v) is 13.6. The van der Waals surface area contributed by atoms with Gasteiger partial charge in [0, 0.05) is 22.6 Å². The van der Waals surface area contributed by atoms with Crippen molar-refractivity contribution in [2.24, 2.45) is 0 Å². The fraction of sp³-hybridized carbons (Fsp3) is 0.190. The zero-order valence-corrected chi connectivity index (χ0v) is 19.9. The van der Waals surface area contributed by atoms with Crippen LogP contribution in [0.4, 0.5) is 13.2 Å². The van der Waals surface area contributed by atoms with Crippen LogP contribution in [0.5, 0.6) is 0 Å². The van der Waals surface area contributed by atoms with E-state index >= 15 is 0 Å². The van der Waals surface area contributed by atoms with Gasteiger partial charge in [-0.15, -0.1) is 11.3 Å². The van der Waals surface area contributed by atoms with Crippen LogP contribution in [0.1, 0.15) is 10.4 Å². The summed E-state index contributed by atoms with van der Waals surface area (Å²) in [5.74, 6) is -1.54. The largest absolute Gasteiger partial charge is 0.480 e. The third kappa shape index (κ3) is 5.84. The van der Waals surface area contributed by atoms with Gasteiger partial charge >= 0.3 is 12.1 Å². The number of rotatable bonds is 8. The van der Waals surface area contributed by atoms with Crippen LogP contribution in [0.15, 0.2) is 70.5 Å². The fourth-order valence-corrected chi connectivity index (χ4v) is 6.46. The predicted octanol–water partition coefficient (Wildman–Crippen LogP) is 4.11. The molecular weight excluding hydrogens is 515 g/mol. The molecule has 1 aromatic heterocycles. The van der Waals surface area contributed by atoms with Crippen molar-refractivity contribution in [2.75, 3.05) is 12.8 Å². The molecule has 13 heteroatoms. The molecule has 2 aromatic carbocycles. The van der Waals surface area contributed by atoms with Gasteiger partial charge in [0.2, 0.25) is 10.0 Å². The zero-order valence-electron chi connectivity index (χ0n) is 17.5. The van der Waals surface area contributed by atoms with Crippen LogP contribution in [-0.2, 0) is 37.4 Å². The standard InChI is InChI=1S/C21H18F3NO6S3/c1-33(28,29)16-6-4-5-14(11-16)18-10-9-15(32-18)12-25(13-20(26)27)34(30,31)19-8-3-2-7-17(19)21(22,23)24/h2-11H,12-13H2,1H3,(H,26,27). The summed E-state index contributed by atoms with van der Waals surface area (Å²) in [6, 6.07) is 12.7. The van der Waals surface area contributed by atoms with Crippen molar-refractivity contribution >= 4 is 37.2 Å². The molecule has 0 atom stereocenters. The number of hydrogen-bond acceptors (Lipinski definition) is 6. The summed E-state index contributed by atoms with van der Waals surface area (Å²) in [6.07, 6.45) is -3.90. The van der Waals surface area contributed by atoms with Crippen LogP contribution in [0, 0.1) is 0 Å². The second kappa shape index (κ2) is 9.49. The third-order valence-corrected chi connectivity index (χ3v) is 8.74. The lowest BCUT2D eigenvalue weighted by Gasteiger charge is -2.22. The summed E-state index contributed by atoms with van der Waals surface area (Å²) in [6.45, 7) is -1.54. The summed E-state index contributed by atoms with van der Waals surface area (Å²) >= 11 is 1.07. The van der Waals surface area contributed by atoms with Crippen molar-refractivity contribution in [3.8, 4) is 10.4 Å².